The average molecular weight is 270 g/mol. The van der Waals surface area contributed by atoms with E-state index in [0.29, 0.717) is 6.61 Å². The van der Waals surface area contributed by atoms with Crippen LogP contribution in [0.3, 0.4) is 0 Å². The number of hydrogen-bond acceptors (Lipinski definition) is 3. The van der Waals surface area contributed by atoms with Gasteiger partial charge >= 0.3 is 0 Å². The molecule has 3 nitrogen and oxygen atoms in total. The maximum absolute atomic E-state index is 6.15. The van der Waals surface area contributed by atoms with E-state index in [2.05, 4.69) is 11.8 Å². The van der Waals surface area contributed by atoms with E-state index in [1.807, 2.05) is 18.2 Å². The van der Waals surface area contributed by atoms with Crippen LogP contribution in [0.15, 0.2) is 18.2 Å². The van der Waals surface area contributed by atoms with Gasteiger partial charge in [-0.25, -0.2) is 0 Å². The summed E-state index contributed by atoms with van der Waals surface area (Å²) in [4.78, 5) is 2.35. The molecule has 0 atom stereocenters. The van der Waals surface area contributed by atoms with Gasteiger partial charge in [0.25, 0.3) is 0 Å². The molecular formula is C14H20ClNO2. The van der Waals surface area contributed by atoms with E-state index in [-0.39, 0.29) is 0 Å². The molecule has 1 aromatic carbocycles. The van der Waals surface area contributed by atoms with E-state index < -0.39 is 0 Å². The van der Waals surface area contributed by atoms with Crippen molar-refractivity contribution in [2.75, 3.05) is 39.5 Å². The quantitative estimate of drug-likeness (QED) is 0.820. The van der Waals surface area contributed by atoms with E-state index in [9.17, 15) is 0 Å². The van der Waals surface area contributed by atoms with Crippen LogP contribution >= 0.6 is 11.6 Å². The highest BCUT2D eigenvalue weighted by Crippen LogP contribution is 2.22. The van der Waals surface area contributed by atoms with Crippen molar-refractivity contribution in [3.63, 3.8) is 0 Å². The molecule has 0 N–H and O–H groups in total. The zero-order valence-electron chi connectivity index (χ0n) is 10.8. The van der Waals surface area contributed by atoms with Gasteiger partial charge in [-0.15, -0.1) is 0 Å². The molecule has 0 aliphatic carbocycles. The van der Waals surface area contributed by atoms with Gasteiger partial charge in [-0.1, -0.05) is 24.6 Å². The minimum absolute atomic E-state index is 0.696. The summed E-state index contributed by atoms with van der Waals surface area (Å²) in [6.45, 7) is 7.39. The molecule has 1 heterocycles. The topological polar surface area (TPSA) is 21.7 Å². The second-order valence-corrected chi connectivity index (χ2v) is 4.82. The maximum Gasteiger partial charge on any atom is 0.120 e. The lowest BCUT2D eigenvalue weighted by molar-refractivity contribution is 0.0322. The van der Waals surface area contributed by atoms with Crippen molar-refractivity contribution in [2.45, 2.75) is 13.3 Å². The summed E-state index contributed by atoms with van der Waals surface area (Å²) in [7, 11) is 0. The van der Waals surface area contributed by atoms with Gasteiger partial charge in [-0.2, -0.15) is 0 Å². The molecule has 1 aliphatic heterocycles. The molecule has 0 unspecified atom stereocenters. The Hall–Kier alpha value is -0.770. The van der Waals surface area contributed by atoms with Crippen LogP contribution in [0.5, 0.6) is 5.75 Å². The first-order chi connectivity index (χ1) is 8.79. The van der Waals surface area contributed by atoms with Gasteiger partial charge in [-0.05, 0) is 24.1 Å². The molecule has 0 radical (unpaired) electrons. The molecule has 0 amide bonds. The highest BCUT2D eigenvalue weighted by molar-refractivity contribution is 6.31. The van der Waals surface area contributed by atoms with Crippen LogP contribution in [0.25, 0.3) is 0 Å². The highest BCUT2D eigenvalue weighted by atomic mass is 35.5. The molecule has 18 heavy (non-hydrogen) atoms. The first-order valence-corrected chi connectivity index (χ1v) is 6.88. The average Bonchev–Trinajstić information content (AvgIpc) is 2.40. The van der Waals surface area contributed by atoms with E-state index in [0.717, 1.165) is 55.6 Å². The van der Waals surface area contributed by atoms with E-state index in [4.69, 9.17) is 21.1 Å². The summed E-state index contributed by atoms with van der Waals surface area (Å²) in [6.07, 6.45) is 0.951. The van der Waals surface area contributed by atoms with Crippen LogP contribution < -0.4 is 4.74 Å². The fourth-order valence-electron chi connectivity index (χ4n) is 2.02. The van der Waals surface area contributed by atoms with E-state index in [1.54, 1.807) is 0 Å². The summed E-state index contributed by atoms with van der Waals surface area (Å²) >= 11 is 6.15. The number of aryl methyl sites for hydroxylation is 1. The molecule has 0 bridgehead atoms. The van der Waals surface area contributed by atoms with Crippen molar-refractivity contribution in [3.05, 3.63) is 28.8 Å². The van der Waals surface area contributed by atoms with Crippen LogP contribution in [0, 0.1) is 0 Å². The molecule has 1 aromatic rings. The molecule has 1 saturated heterocycles. The van der Waals surface area contributed by atoms with Gasteiger partial charge in [0, 0.05) is 24.7 Å². The third kappa shape index (κ3) is 3.87. The Morgan fingerprint density at radius 3 is 2.78 bits per heavy atom. The van der Waals surface area contributed by atoms with Crippen molar-refractivity contribution in [3.8, 4) is 5.75 Å². The highest BCUT2D eigenvalue weighted by Gasteiger charge is 2.09. The smallest absolute Gasteiger partial charge is 0.120 e. The second-order valence-electron chi connectivity index (χ2n) is 4.41. The van der Waals surface area contributed by atoms with Crippen molar-refractivity contribution in [2.24, 2.45) is 0 Å². The van der Waals surface area contributed by atoms with Crippen LogP contribution in [-0.2, 0) is 11.2 Å². The van der Waals surface area contributed by atoms with Crippen LogP contribution in [0.1, 0.15) is 12.5 Å². The molecule has 1 aliphatic rings. The summed E-state index contributed by atoms with van der Waals surface area (Å²) in [6, 6.07) is 5.93. The van der Waals surface area contributed by atoms with Gasteiger partial charge in [0.15, 0.2) is 0 Å². The Bertz CT molecular complexity index is 378. The predicted molar refractivity (Wildman–Crippen MR) is 73.6 cm³/mol. The molecule has 0 spiro atoms. The Morgan fingerprint density at radius 2 is 2.11 bits per heavy atom. The van der Waals surface area contributed by atoms with Gasteiger partial charge < -0.3 is 9.47 Å². The second kappa shape index (κ2) is 6.98. The van der Waals surface area contributed by atoms with Gasteiger partial charge in [0.05, 0.1) is 13.2 Å². The minimum Gasteiger partial charge on any atom is -0.492 e. The Kier molecular flexibility index (Phi) is 5.29. The lowest BCUT2D eigenvalue weighted by Crippen LogP contribution is -2.38. The molecule has 1 fully saturated rings. The van der Waals surface area contributed by atoms with Crippen LogP contribution in [-0.4, -0.2) is 44.4 Å². The monoisotopic (exact) mass is 269 g/mol. The van der Waals surface area contributed by atoms with Crippen molar-refractivity contribution in [1.29, 1.82) is 0 Å². The number of nitrogens with zero attached hydrogens (tertiary/aromatic N) is 1. The zero-order chi connectivity index (χ0) is 12.8. The van der Waals surface area contributed by atoms with Gasteiger partial charge in [-0.3, -0.25) is 4.90 Å². The van der Waals surface area contributed by atoms with Crippen molar-refractivity contribution in [1.82, 2.24) is 4.90 Å². The minimum atomic E-state index is 0.696. The molecule has 0 aromatic heterocycles. The fourth-order valence-corrected chi connectivity index (χ4v) is 2.33. The van der Waals surface area contributed by atoms with Crippen LogP contribution in [0.2, 0.25) is 5.02 Å². The number of halogens is 1. The van der Waals surface area contributed by atoms with E-state index in [1.165, 1.54) is 0 Å². The zero-order valence-corrected chi connectivity index (χ0v) is 11.6. The number of morpholine rings is 1. The lowest BCUT2D eigenvalue weighted by atomic mass is 10.2. The van der Waals surface area contributed by atoms with Crippen LogP contribution in [0.4, 0.5) is 0 Å². The summed E-state index contributed by atoms with van der Waals surface area (Å²) in [5.74, 6) is 0.852. The summed E-state index contributed by atoms with van der Waals surface area (Å²) in [5, 5.41) is 0.793. The van der Waals surface area contributed by atoms with Gasteiger partial charge in [0.1, 0.15) is 12.4 Å². The normalized spacial score (nSPS) is 16.8. The number of benzene rings is 1. The Balaban J connectivity index is 1.77. The maximum atomic E-state index is 6.15. The number of ether oxygens (including phenoxy) is 2. The number of hydrogen-bond donors (Lipinski definition) is 0. The lowest BCUT2D eigenvalue weighted by Gasteiger charge is -2.26. The van der Waals surface area contributed by atoms with Crippen molar-refractivity contribution >= 4 is 11.6 Å². The molecular weight excluding hydrogens is 250 g/mol. The fraction of sp³-hybridized carbons (Fsp3) is 0.571. The Morgan fingerprint density at radius 1 is 1.33 bits per heavy atom. The number of rotatable bonds is 5. The van der Waals surface area contributed by atoms with E-state index >= 15 is 0 Å². The molecule has 4 heteroatoms. The summed E-state index contributed by atoms with van der Waals surface area (Å²) in [5.41, 5.74) is 1.16. The summed E-state index contributed by atoms with van der Waals surface area (Å²) < 4.78 is 11.0. The SMILES string of the molecule is CCc1ccc(OCCN2CCOCC2)cc1Cl. The molecule has 2 rings (SSSR count). The van der Waals surface area contributed by atoms with Crippen molar-refractivity contribution < 1.29 is 9.47 Å². The van der Waals surface area contributed by atoms with Gasteiger partial charge in [0.2, 0.25) is 0 Å². The largest absolute Gasteiger partial charge is 0.492 e. The predicted octanol–water partition coefficient (Wildman–Crippen LogP) is 2.61. The first-order valence-electron chi connectivity index (χ1n) is 6.51. The standard InChI is InChI=1S/C14H20ClNO2/c1-2-12-3-4-13(11-14(12)15)18-10-7-16-5-8-17-9-6-16/h3-4,11H,2,5-10H2,1H3. The molecule has 0 saturated carbocycles. The molecule has 100 valence electrons. The Labute approximate surface area is 114 Å². The first kappa shape index (κ1) is 13.7. The third-order valence-electron chi connectivity index (χ3n) is 3.19. The third-order valence-corrected chi connectivity index (χ3v) is 3.54.